The lowest BCUT2D eigenvalue weighted by Crippen LogP contribution is -2.39. The number of sulfonamides is 1. The summed E-state index contributed by atoms with van der Waals surface area (Å²) in [5, 5.41) is 5.70. The van der Waals surface area contributed by atoms with Crippen molar-refractivity contribution in [1.29, 1.82) is 0 Å². The number of carbonyl (C=O) groups excluding carboxylic acids is 1. The number of hydrogen-bond donors (Lipinski definition) is 2. The van der Waals surface area contributed by atoms with Gasteiger partial charge in [-0.3, -0.25) is 10.1 Å². The van der Waals surface area contributed by atoms with Crippen molar-refractivity contribution in [1.82, 2.24) is 9.62 Å². The number of amides is 1. The van der Waals surface area contributed by atoms with Crippen LogP contribution >= 0.6 is 0 Å². The molecule has 0 saturated carbocycles. The summed E-state index contributed by atoms with van der Waals surface area (Å²) in [7, 11) is -3.51. The maximum Gasteiger partial charge on any atom is 0.243 e. The van der Waals surface area contributed by atoms with E-state index in [9.17, 15) is 17.6 Å². The first-order chi connectivity index (χ1) is 13.7. The highest BCUT2D eigenvalue weighted by Gasteiger charge is 2.22. The number of hydrogen-bond acceptors (Lipinski definition) is 4. The fourth-order valence-corrected chi connectivity index (χ4v) is 4.45. The van der Waals surface area contributed by atoms with Gasteiger partial charge in [-0.1, -0.05) is 38.1 Å². The monoisotopic (exact) mass is 421 g/mol. The molecule has 29 heavy (non-hydrogen) atoms. The van der Waals surface area contributed by atoms with Gasteiger partial charge in [-0.15, -0.1) is 0 Å². The Labute approximate surface area is 172 Å². The van der Waals surface area contributed by atoms with E-state index < -0.39 is 21.9 Å². The molecule has 0 aromatic heterocycles. The minimum Gasteiger partial charge on any atom is -0.322 e. The normalized spacial score (nSPS) is 13.9. The smallest absolute Gasteiger partial charge is 0.243 e. The number of para-hydroxylation sites is 1. The molecule has 8 heteroatoms. The van der Waals surface area contributed by atoms with E-state index in [2.05, 4.69) is 10.6 Å². The van der Waals surface area contributed by atoms with Gasteiger partial charge in [-0.2, -0.15) is 4.31 Å². The van der Waals surface area contributed by atoms with Gasteiger partial charge in [0.15, 0.2) is 0 Å². The third-order valence-electron chi connectivity index (χ3n) is 4.75. The molecule has 0 aliphatic rings. The molecular formula is C21H28FN3O3S. The molecule has 2 aromatic rings. The Morgan fingerprint density at radius 1 is 1.03 bits per heavy atom. The van der Waals surface area contributed by atoms with Crippen LogP contribution < -0.4 is 10.6 Å². The Hall–Kier alpha value is -2.29. The van der Waals surface area contributed by atoms with E-state index in [1.165, 1.54) is 16.4 Å². The fourth-order valence-electron chi connectivity index (χ4n) is 2.99. The van der Waals surface area contributed by atoms with E-state index in [1.807, 2.05) is 6.92 Å². The number of anilines is 1. The lowest BCUT2D eigenvalue weighted by atomic mass is 10.1. The first-order valence-corrected chi connectivity index (χ1v) is 11.1. The van der Waals surface area contributed by atoms with Crippen LogP contribution in [0.1, 0.15) is 39.3 Å². The van der Waals surface area contributed by atoms with Gasteiger partial charge in [0.1, 0.15) is 5.82 Å². The third-order valence-corrected chi connectivity index (χ3v) is 6.81. The predicted octanol–water partition coefficient (Wildman–Crippen LogP) is 3.53. The lowest BCUT2D eigenvalue weighted by molar-refractivity contribution is -0.118. The molecule has 0 aliphatic carbocycles. The van der Waals surface area contributed by atoms with Crippen LogP contribution in [0.4, 0.5) is 10.1 Å². The Kier molecular flexibility index (Phi) is 7.89. The third kappa shape index (κ3) is 5.62. The summed E-state index contributed by atoms with van der Waals surface area (Å²) in [6.07, 6.45) is 0. The second-order valence-electron chi connectivity index (χ2n) is 6.74. The second kappa shape index (κ2) is 9.96. The summed E-state index contributed by atoms with van der Waals surface area (Å²) in [6.45, 7) is 7.98. The molecule has 2 N–H and O–H groups in total. The Bertz CT molecular complexity index is 928. The van der Waals surface area contributed by atoms with E-state index >= 15 is 0 Å². The topological polar surface area (TPSA) is 78.5 Å². The summed E-state index contributed by atoms with van der Waals surface area (Å²) < 4.78 is 40.2. The summed E-state index contributed by atoms with van der Waals surface area (Å²) in [6, 6.07) is 11.8. The Morgan fingerprint density at radius 2 is 1.62 bits per heavy atom. The van der Waals surface area contributed by atoms with E-state index in [4.69, 9.17) is 0 Å². The van der Waals surface area contributed by atoms with Gasteiger partial charge in [0.25, 0.3) is 0 Å². The highest BCUT2D eigenvalue weighted by molar-refractivity contribution is 7.89. The number of rotatable bonds is 9. The average molecular weight is 422 g/mol. The molecule has 0 heterocycles. The average Bonchev–Trinajstić information content (AvgIpc) is 2.70. The van der Waals surface area contributed by atoms with Gasteiger partial charge in [-0.25, -0.2) is 12.8 Å². The molecule has 158 valence electrons. The van der Waals surface area contributed by atoms with Crippen LogP contribution in [-0.2, 0) is 14.8 Å². The van der Waals surface area contributed by atoms with Crippen LogP contribution in [0.15, 0.2) is 53.4 Å². The summed E-state index contributed by atoms with van der Waals surface area (Å²) in [5.41, 5.74) is 0.971. The first-order valence-electron chi connectivity index (χ1n) is 9.62. The number of halogens is 1. The van der Waals surface area contributed by atoms with Crippen LogP contribution in [-0.4, -0.2) is 37.8 Å². The van der Waals surface area contributed by atoms with Gasteiger partial charge < -0.3 is 5.32 Å². The van der Waals surface area contributed by atoms with Gasteiger partial charge in [0, 0.05) is 19.1 Å². The molecule has 0 radical (unpaired) electrons. The molecule has 0 aliphatic heterocycles. The maximum absolute atomic E-state index is 13.7. The van der Waals surface area contributed by atoms with Crippen molar-refractivity contribution >= 4 is 21.6 Å². The molecule has 0 bridgehead atoms. The van der Waals surface area contributed by atoms with Crippen molar-refractivity contribution in [2.75, 3.05) is 18.4 Å². The fraction of sp³-hybridized carbons (Fsp3) is 0.381. The summed E-state index contributed by atoms with van der Waals surface area (Å²) in [4.78, 5) is 12.6. The minimum absolute atomic E-state index is 0.129. The quantitative estimate of drug-likeness (QED) is 0.649. The number of benzene rings is 2. The second-order valence-corrected chi connectivity index (χ2v) is 8.68. The molecule has 2 atom stereocenters. The van der Waals surface area contributed by atoms with Crippen LogP contribution in [0.5, 0.6) is 0 Å². The molecule has 0 saturated heterocycles. The highest BCUT2D eigenvalue weighted by atomic mass is 32.2. The summed E-state index contributed by atoms with van der Waals surface area (Å²) >= 11 is 0. The standard InChI is InChI=1S/C21H28FN3O3S/c1-5-25(6-2)29(27,28)18-13-11-17(12-14-18)15(3)23-16(4)21(26)24-20-10-8-7-9-19(20)22/h7-16,23H,5-6H2,1-4H3,(H,24,26)/t15-,16+/m0/s1. The molecule has 1 amide bonds. The van der Waals surface area contributed by atoms with Crippen molar-refractivity contribution in [2.24, 2.45) is 0 Å². The molecule has 0 unspecified atom stereocenters. The van der Waals surface area contributed by atoms with Gasteiger partial charge >= 0.3 is 0 Å². The van der Waals surface area contributed by atoms with Crippen molar-refractivity contribution in [3.63, 3.8) is 0 Å². The largest absolute Gasteiger partial charge is 0.322 e. The number of carbonyl (C=O) groups is 1. The first kappa shape index (κ1) is 23.0. The van der Waals surface area contributed by atoms with Crippen LogP contribution in [0.2, 0.25) is 0 Å². The lowest BCUT2D eigenvalue weighted by Gasteiger charge is -2.21. The number of nitrogens with zero attached hydrogens (tertiary/aromatic N) is 1. The van der Waals surface area contributed by atoms with Crippen molar-refractivity contribution in [3.05, 3.63) is 59.9 Å². The predicted molar refractivity (Wildman–Crippen MR) is 113 cm³/mol. The zero-order valence-corrected chi connectivity index (χ0v) is 18.0. The van der Waals surface area contributed by atoms with E-state index in [1.54, 1.807) is 57.2 Å². The molecule has 2 aromatic carbocycles. The van der Waals surface area contributed by atoms with Gasteiger partial charge in [0.05, 0.1) is 16.6 Å². The van der Waals surface area contributed by atoms with E-state index in [-0.39, 0.29) is 22.5 Å². The zero-order chi connectivity index (χ0) is 21.6. The van der Waals surface area contributed by atoms with Crippen molar-refractivity contribution in [3.8, 4) is 0 Å². The molecule has 0 fully saturated rings. The van der Waals surface area contributed by atoms with Gasteiger partial charge in [0.2, 0.25) is 15.9 Å². The molecule has 0 spiro atoms. The van der Waals surface area contributed by atoms with Gasteiger partial charge in [-0.05, 0) is 43.7 Å². The summed E-state index contributed by atoms with van der Waals surface area (Å²) in [5.74, 6) is -0.853. The van der Waals surface area contributed by atoms with E-state index in [0.717, 1.165) is 5.56 Å². The number of nitrogens with one attached hydrogen (secondary N) is 2. The van der Waals surface area contributed by atoms with Crippen LogP contribution in [0.25, 0.3) is 0 Å². The molecular weight excluding hydrogens is 393 g/mol. The SMILES string of the molecule is CCN(CC)S(=O)(=O)c1ccc([C@H](C)N[C@H](C)C(=O)Nc2ccccc2F)cc1. The molecule has 6 nitrogen and oxygen atoms in total. The van der Waals surface area contributed by atoms with Crippen molar-refractivity contribution in [2.45, 2.75) is 44.7 Å². The van der Waals surface area contributed by atoms with Crippen LogP contribution in [0, 0.1) is 5.82 Å². The maximum atomic E-state index is 13.7. The Morgan fingerprint density at radius 3 is 2.17 bits per heavy atom. The zero-order valence-electron chi connectivity index (χ0n) is 17.1. The minimum atomic E-state index is -3.51. The Balaban J connectivity index is 2.04. The highest BCUT2D eigenvalue weighted by Crippen LogP contribution is 2.20. The van der Waals surface area contributed by atoms with Crippen LogP contribution in [0.3, 0.4) is 0 Å². The van der Waals surface area contributed by atoms with E-state index in [0.29, 0.717) is 13.1 Å². The van der Waals surface area contributed by atoms with Crippen molar-refractivity contribution < 1.29 is 17.6 Å². The molecule has 2 rings (SSSR count).